The third-order valence-corrected chi connectivity index (χ3v) is 3.62. The minimum Gasteiger partial charge on any atom is -0.485 e. The van der Waals surface area contributed by atoms with Crippen LogP contribution in [0, 0.1) is 0 Å². The summed E-state index contributed by atoms with van der Waals surface area (Å²) < 4.78 is 7.07. The number of likely N-dealkylation sites (N-methyl/N-ethyl adjacent to an activating group) is 1. The molecule has 2 aromatic carbocycles. The maximum atomic E-state index is 6.16. The highest BCUT2D eigenvalue weighted by Gasteiger charge is 2.18. The van der Waals surface area contributed by atoms with E-state index in [1.807, 2.05) is 0 Å². The number of ether oxygens (including phenoxy) is 1. The minimum absolute atomic E-state index is 0.241. The molecule has 0 fully saturated rings. The Labute approximate surface area is 127 Å². The summed E-state index contributed by atoms with van der Waals surface area (Å²) in [5.41, 5.74) is 6.85. The summed E-state index contributed by atoms with van der Waals surface area (Å²) in [6.45, 7) is 3.76. The molecule has 0 aliphatic rings. The molecule has 2 N–H and O–H groups in total. The Morgan fingerprint density at radius 3 is 2.33 bits per heavy atom. The lowest BCUT2D eigenvalue weighted by atomic mass is 10.1. The van der Waals surface area contributed by atoms with E-state index in [4.69, 9.17) is 10.5 Å². The lowest BCUT2D eigenvalue weighted by molar-refractivity contribution is -0.873. The molecule has 0 aromatic heterocycles. The minimum atomic E-state index is 0.241. The highest BCUT2D eigenvalue weighted by Crippen LogP contribution is 2.23. The molecule has 0 bridgehead atoms. The van der Waals surface area contributed by atoms with E-state index in [9.17, 15) is 0 Å². The zero-order valence-corrected chi connectivity index (χ0v) is 13.6. The van der Waals surface area contributed by atoms with Crippen molar-refractivity contribution in [1.29, 1.82) is 0 Å². The highest BCUT2D eigenvalue weighted by molar-refractivity contribution is 5.84. The fraction of sp³-hybridized carbons (Fsp3) is 0.444. The first-order chi connectivity index (χ1) is 9.91. The van der Waals surface area contributed by atoms with Crippen LogP contribution < -0.4 is 10.5 Å². The van der Waals surface area contributed by atoms with Crippen molar-refractivity contribution in [3.05, 3.63) is 42.0 Å². The first-order valence-electron chi connectivity index (χ1n) is 7.61. The molecule has 3 nitrogen and oxygen atoms in total. The van der Waals surface area contributed by atoms with Crippen LogP contribution >= 0.6 is 0 Å². The van der Waals surface area contributed by atoms with Crippen LogP contribution in [-0.4, -0.2) is 38.3 Å². The molecule has 0 aliphatic heterocycles. The van der Waals surface area contributed by atoms with Gasteiger partial charge in [-0.3, -0.25) is 0 Å². The first kappa shape index (κ1) is 15.8. The van der Waals surface area contributed by atoms with Crippen LogP contribution in [-0.2, 0) is 6.54 Å². The second-order valence-electron chi connectivity index (χ2n) is 6.67. The van der Waals surface area contributed by atoms with Crippen LogP contribution in [0.1, 0.15) is 18.9 Å². The molecule has 0 aliphatic carbocycles. The summed E-state index contributed by atoms with van der Waals surface area (Å²) in [4.78, 5) is 0. The van der Waals surface area contributed by atoms with Crippen LogP contribution in [0.2, 0.25) is 0 Å². The van der Waals surface area contributed by atoms with E-state index >= 15 is 0 Å². The van der Waals surface area contributed by atoms with E-state index in [0.29, 0.717) is 6.54 Å². The zero-order valence-electron chi connectivity index (χ0n) is 13.6. The largest absolute Gasteiger partial charge is 0.485 e. The summed E-state index contributed by atoms with van der Waals surface area (Å²) in [6.07, 6.45) is 1.26. The predicted molar refractivity (Wildman–Crippen MR) is 89.4 cm³/mol. The SMILES string of the molecule is CCC(C[N+](C)(C)C)Oc1ccc2cc(CN)ccc2c1. The maximum Gasteiger partial charge on any atom is 0.147 e. The van der Waals surface area contributed by atoms with E-state index in [1.54, 1.807) is 0 Å². The maximum absolute atomic E-state index is 6.16. The van der Waals surface area contributed by atoms with Crippen molar-refractivity contribution in [2.45, 2.75) is 26.0 Å². The Morgan fingerprint density at radius 2 is 1.71 bits per heavy atom. The average Bonchev–Trinajstić information content (AvgIpc) is 2.44. The second-order valence-corrected chi connectivity index (χ2v) is 6.67. The van der Waals surface area contributed by atoms with Gasteiger partial charge in [-0.15, -0.1) is 0 Å². The average molecular weight is 287 g/mol. The van der Waals surface area contributed by atoms with Crippen molar-refractivity contribution < 1.29 is 9.22 Å². The van der Waals surface area contributed by atoms with Gasteiger partial charge in [0.05, 0.1) is 21.1 Å². The first-order valence-corrected chi connectivity index (χ1v) is 7.61. The number of rotatable bonds is 6. The van der Waals surface area contributed by atoms with Crippen molar-refractivity contribution in [3.63, 3.8) is 0 Å². The molecule has 1 unspecified atom stereocenters. The van der Waals surface area contributed by atoms with Gasteiger partial charge in [-0.2, -0.15) is 0 Å². The van der Waals surface area contributed by atoms with Gasteiger partial charge >= 0.3 is 0 Å². The molecule has 114 valence electrons. The second kappa shape index (κ2) is 6.46. The molecular formula is C18H27N2O+. The summed E-state index contributed by atoms with van der Waals surface area (Å²) >= 11 is 0. The molecule has 0 radical (unpaired) electrons. The third-order valence-electron chi connectivity index (χ3n) is 3.62. The molecule has 2 rings (SSSR count). The Kier molecular flexibility index (Phi) is 4.86. The van der Waals surface area contributed by atoms with Gasteiger partial charge in [0.25, 0.3) is 0 Å². The fourth-order valence-corrected chi connectivity index (χ4v) is 2.53. The van der Waals surface area contributed by atoms with Crippen molar-refractivity contribution in [1.82, 2.24) is 0 Å². The number of benzene rings is 2. The molecule has 0 spiro atoms. The Morgan fingerprint density at radius 1 is 1.05 bits per heavy atom. The number of nitrogens with two attached hydrogens (primary N) is 1. The number of hydrogen-bond acceptors (Lipinski definition) is 2. The molecule has 2 aromatic rings. The van der Waals surface area contributed by atoms with Crippen LogP contribution in [0.4, 0.5) is 0 Å². The number of hydrogen-bond donors (Lipinski definition) is 1. The summed E-state index contributed by atoms with van der Waals surface area (Å²) in [6, 6.07) is 12.6. The van der Waals surface area contributed by atoms with Gasteiger partial charge < -0.3 is 15.0 Å². The van der Waals surface area contributed by atoms with Crippen molar-refractivity contribution >= 4 is 10.8 Å². The molecule has 0 heterocycles. The zero-order chi connectivity index (χ0) is 15.5. The van der Waals surface area contributed by atoms with Crippen LogP contribution in [0.25, 0.3) is 10.8 Å². The van der Waals surface area contributed by atoms with Crippen molar-refractivity contribution in [2.24, 2.45) is 5.73 Å². The quantitative estimate of drug-likeness (QED) is 0.828. The number of fused-ring (bicyclic) bond motifs is 1. The van der Waals surface area contributed by atoms with Gasteiger partial charge in [0.15, 0.2) is 0 Å². The monoisotopic (exact) mass is 287 g/mol. The predicted octanol–water partition coefficient (Wildman–Crippen LogP) is 3.16. The molecule has 3 heteroatoms. The summed E-state index contributed by atoms with van der Waals surface area (Å²) in [5.74, 6) is 0.947. The van der Waals surface area contributed by atoms with Gasteiger partial charge in [-0.05, 0) is 41.0 Å². The van der Waals surface area contributed by atoms with Gasteiger partial charge in [0.2, 0.25) is 0 Å². The van der Waals surface area contributed by atoms with Gasteiger partial charge in [0.1, 0.15) is 18.4 Å². The molecule has 1 atom stereocenters. The highest BCUT2D eigenvalue weighted by atomic mass is 16.5. The fourth-order valence-electron chi connectivity index (χ4n) is 2.53. The lowest BCUT2D eigenvalue weighted by Gasteiger charge is -2.29. The number of quaternary nitrogens is 1. The van der Waals surface area contributed by atoms with Gasteiger partial charge in [0, 0.05) is 6.54 Å². The van der Waals surface area contributed by atoms with Gasteiger partial charge in [-0.1, -0.05) is 25.1 Å². The number of nitrogens with zero attached hydrogens (tertiary/aromatic N) is 1. The van der Waals surface area contributed by atoms with E-state index < -0.39 is 0 Å². The van der Waals surface area contributed by atoms with Crippen LogP contribution in [0.5, 0.6) is 5.75 Å². The van der Waals surface area contributed by atoms with E-state index in [0.717, 1.165) is 28.8 Å². The van der Waals surface area contributed by atoms with E-state index in [2.05, 4.69) is 64.5 Å². The van der Waals surface area contributed by atoms with Gasteiger partial charge in [-0.25, -0.2) is 0 Å². The topological polar surface area (TPSA) is 35.2 Å². The molecule has 21 heavy (non-hydrogen) atoms. The summed E-state index contributed by atoms with van der Waals surface area (Å²) in [7, 11) is 6.59. The molecule has 0 saturated carbocycles. The van der Waals surface area contributed by atoms with Crippen molar-refractivity contribution in [2.75, 3.05) is 27.7 Å². The lowest BCUT2D eigenvalue weighted by Crippen LogP contribution is -2.43. The standard InChI is InChI=1S/C18H27N2O/c1-5-17(13-20(2,3)4)21-18-9-8-15-10-14(12-19)6-7-16(15)11-18/h6-11,17H,5,12-13,19H2,1-4H3/q+1. The van der Waals surface area contributed by atoms with E-state index in [-0.39, 0.29) is 6.10 Å². The van der Waals surface area contributed by atoms with Crippen LogP contribution in [0.15, 0.2) is 36.4 Å². The molecular weight excluding hydrogens is 260 g/mol. The molecule has 0 saturated heterocycles. The van der Waals surface area contributed by atoms with E-state index in [1.165, 1.54) is 10.8 Å². The van der Waals surface area contributed by atoms with Crippen molar-refractivity contribution in [3.8, 4) is 5.75 Å². The Bertz CT molecular complexity index is 602. The summed E-state index contributed by atoms with van der Waals surface area (Å²) in [5, 5.41) is 2.41. The Balaban J connectivity index is 2.18. The molecule has 0 amide bonds. The smallest absolute Gasteiger partial charge is 0.147 e. The van der Waals surface area contributed by atoms with Crippen LogP contribution in [0.3, 0.4) is 0 Å². The Hall–Kier alpha value is -1.58. The third kappa shape index (κ3) is 4.45. The normalized spacial score (nSPS) is 13.4.